The fourth-order valence-corrected chi connectivity index (χ4v) is 1.53. The number of rotatable bonds is 7. The summed E-state index contributed by atoms with van der Waals surface area (Å²) >= 11 is 0. The molecule has 0 fully saturated rings. The van der Waals surface area contributed by atoms with Crippen molar-refractivity contribution in [2.75, 3.05) is 27.2 Å². The van der Waals surface area contributed by atoms with E-state index in [4.69, 9.17) is 4.74 Å². The number of likely N-dealkylation sites (N-methyl/N-ethyl adjacent to an activating group) is 1. The van der Waals surface area contributed by atoms with E-state index in [-0.39, 0.29) is 5.91 Å². The van der Waals surface area contributed by atoms with Gasteiger partial charge < -0.3 is 20.3 Å². The molecular formula is C14H29N3O3. The van der Waals surface area contributed by atoms with Crippen molar-refractivity contribution in [2.24, 2.45) is 0 Å². The third-order valence-corrected chi connectivity index (χ3v) is 2.44. The molecule has 0 unspecified atom stereocenters. The lowest BCUT2D eigenvalue weighted by atomic mass is 10.1. The second-order valence-electron chi connectivity index (χ2n) is 6.08. The Hall–Kier alpha value is -1.30. The third kappa shape index (κ3) is 9.61. The molecule has 0 aromatic rings. The van der Waals surface area contributed by atoms with Gasteiger partial charge in [0, 0.05) is 13.1 Å². The number of carbonyl (C=O) groups excluding carboxylic acids is 2. The smallest absolute Gasteiger partial charge is 0.408 e. The van der Waals surface area contributed by atoms with Crippen LogP contribution in [0.4, 0.5) is 4.79 Å². The first-order chi connectivity index (χ1) is 9.15. The summed E-state index contributed by atoms with van der Waals surface area (Å²) < 4.78 is 5.17. The molecule has 6 nitrogen and oxygen atoms in total. The Bertz CT molecular complexity index is 311. The van der Waals surface area contributed by atoms with E-state index in [1.165, 1.54) is 0 Å². The highest BCUT2D eigenvalue weighted by Gasteiger charge is 2.23. The molecule has 0 saturated heterocycles. The van der Waals surface area contributed by atoms with Gasteiger partial charge in [0.25, 0.3) is 0 Å². The van der Waals surface area contributed by atoms with Gasteiger partial charge in [-0.1, -0.05) is 13.3 Å². The molecule has 0 bridgehead atoms. The van der Waals surface area contributed by atoms with Crippen LogP contribution in [0.5, 0.6) is 0 Å². The van der Waals surface area contributed by atoms with Gasteiger partial charge in [-0.05, 0) is 41.3 Å². The molecule has 0 saturated carbocycles. The summed E-state index contributed by atoms with van der Waals surface area (Å²) in [5.74, 6) is -0.167. The fourth-order valence-electron chi connectivity index (χ4n) is 1.53. The predicted molar refractivity (Wildman–Crippen MR) is 79.6 cm³/mol. The minimum absolute atomic E-state index is 0.167. The number of nitrogens with zero attached hydrogens (tertiary/aromatic N) is 1. The van der Waals surface area contributed by atoms with Crippen molar-refractivity contribution in [3.63, 3.8) is 0 Å². The summed E-state index contributed by atoms with van der Waals surface area (Å²) in [6.07, 6.45) is 0.841. The summed E-state index contributed by atoms with van der Waals surface area (Å²) in [7, 11) is 3.88. The van der Waals surface area contributed by atoms with Crippen LogP contribution in [0.2, 0.25) is 0 Å². The molecule has 2 N–H and O–H groups in total. The van der Waals surface area contributed by atoms with Gasteiger partial charge in [0.1, 0.15) is 11.6 Å². The lowest BCUT2D eigenvalue weighted by Gasteiger charge is -2.23. The third-order valence-electron chi connectivity index (χ3n) is 2.44. The number of ether oxygens (including phenoxy) is 1. The maximum atomic E-state index is 12.0. The van der Waals surface area contributed by atoms with E-state index in [2.05, 4.69) is 10.6 Å². The monoisotopic (exact) mass is 287 g/mol. The predicted octanol–water partition coefficient (Wildman–Crippen LogP) is 1.36. The van der Waals surface area contributed by atoms with Crippen LogP contribution >= 0.6 is 0 Å². The first-order valence-corrected chi connectivity index (χ1v) is 7.07. The number of hydrogen-bond acceptors (Lipinski definition) is 4. The van der Waals surface area contributed by atoms with E-state index in [1.807, 2.05) is 25.9 Å². The number of nitrogens with one attached hydrogen (secondary N) is 2. The zero-order valence-electron chi connectivity index (χ0n) is 13.6. The Morgan fingerprint density at radius 2 is 1.85 bits per heavy atom. The van der Waals surface area contributed by atoms with Crippen LogP contribution in [0.3, 0.4) is 0 Å². The van der Waals surface area contributed by atoms with Crippen molar-refractivity contribution in [1.29, 1.82) is 0 Å². The van der Waals surface area contributed by atoms with Gasteiger partial charge in [0.2, 0.25) is 5.91 Å². The molecule has 1 atom stereocenters. The molecule has 0 spiro atoms. The fraction of sp³-hybridized carbons (Fsp3) is 0.857. The van der Waals surface area contributed by atoms with E-state index in [0.29, 0.717) is 13.0 Å². The maximum absolute atomic E-state index is 12.0. The second-order valence-corrected chi connectivity index (χ2v) is 6.08. The van der Waals surface area contributed by atoms with Crippen LogP contribution in [-0.2, 0) is 9.53 Å². The average Bonchev–Trinajstić information content (AvgIpc) is 2.25. The first kappa shape index (κ1) is 18.7. The summed E-state index contributed by atoms with van der Waals surface area (Å²) in [5.41, 5.74) is -0.567. The zero-order valence-corrected chi connectivity index (χ0v) is 13.6. The Balaban J connectivity index is 4.33. The second kappa shape index (κ2) is 8.79. The van der Waals surface area contributed by atoms with E-state index < -0.39 is 17.7 Å². The summed E-state index contributed by atoms with van der Waals surface area (Å²) in [4.78, 5) is 25.7. The molecule has 0 aromatic carbocycles. The number of amides is 2. The Kier molecular flexibility index (Phi) is 8.22. The van der Waals surface area contributed by atoms with Gasteiger partial charge in [-0.15, -0.1) is 0 Å². The molecule has 2 amide bonds. The van der Waals surface area contributed by atoms with Crippen molar-refractivity contribution in [3.8, 4) is 0 Å². The largest absolute Gasteiger partial charge is 0.444 e. The highest BCUT2D eigenvalue weighted by molar-refractivity contribution is 5.85. The van der Waals surface area contributed by atoms with Crippen molar-refractivity contribution in [3.05, 3.63) is 0 Å². The molecule has 0 rings (SSSR count). The van der Waals surface area contributed by atoms with Crippen LogP contribution in [0, 0.1) is 0 Å². The number of hydrogen-bond donors (Lipinski definition) is 2. The zero-order chi connectivity index (χ0) is 15.8. The molecule has 0 aliphatic carbocycles. The molecule has 0 aliphatic rings. The van der Waals surface area contributed by atoms with Crippen LogP contribution in [-0.4, -0.2) is 55.7 Å². The average molecular weight is 287 g/mol. The van der Waals surface area contributed by atoms with Gasteiger partial charge in [0.05, 0.1) is 0 Å². The van der Waals surface area contributed by atoms with E-state index >= 15 is 0 Å². The Morgan fingerprint density at radius 3 is 2.30 bits per heavy atom. The standard InChI is InChI=1S/C14H29N3O3/c1-7-8-11(12(18)15-9-10-17(5)6)16-13(19)20-14(2,3)4/h11H,7-10H2,1-6H3,(H,15,18)(H,16,19)/t11-/m0/s1. The van der Waals surface area contributed by atoms with Crippen LogP contribution < -0.4 is 10.6 Å². The molecule has 20 heavy (non-hydrogen) atoms. The molecule has 0 aliphatic heterocycles. The molecule has 0 radical (unpaired) electrons. The molecule has 0 heterocycles. The summed E-state index contributed by atoms with van der Waals surface area (Å²) in [5, 5.41) is 5.44. The van der Waals surface area contributed by atoms with Gasteiger partial charge in [-0.2, -0.15) is 0 Å². The van der Waals surface area contributed by atoms with E-state index in [1.54, 1.807) is 20.8 Å². The highest BCUT2D eigenvalue weighted by atomic mass is 16.6. The van der Waals surface area contributed by atoms with E-state index in [0.717, 1.165) is 13.0 Å². The number of alkyl carbamates (subject to hydrolysis) is 1. The summed E-state index contributed by atoms with van der Waals surface area (Å²) in [6, 6.07) is -0.544. The van der Waals surface area contributed by atoms with Gasteiger partial charge in [-0.25, -0.2) is 4.79 Å². The lowest BCUT2D eigenvalue weighted by molar-refractivity contribution is -0.123. The molecule has 0 aromatic heterocycles. The normalized spacial score (nSPS) is 12.9. The van der Waals surface area contributed by atoms with Crippen LogP contribution in [0.15, 0.2) is 0 Å². The minimum Gasteiger partial charge on any atom is -0.444 e. The van der Waals surface area contributed by atoms with Crippen LogP contribution in [0.25, 0.3) is 0 Å². The van der Waals surface area contributed by atoms with Gasteiger partial charge >= 0.3 is 6.09 Å². The van der Waals surface area contributed by atoms with Gasteiger partial charge in [-0.3, -0.25) is 4.79 Å². The Labute approximate surface area is 122 Å². The quantitative estimate of drug-likeness (QED) is 0.741. The molecular weight excluding hydrogens is 258 g/mol. The van der Waals surface area contributed by atoms with E-state index in [9.17, 15) is 9.59 Å². The first-order valence-electron chi connectivity index (χ1n) is 7.07. The van der Waals surface area contributed by atoms with Crippen molar-refractivity contribution < 1.29 is 14.3 Å². The SMILES string of the molecule is CCC[C@H](NC(=O)OC(C)(C)C)C(=O)NCCN(C)C. The summed E-state index contributed by atoms with van der Waals surface area (Å²) in [6.45, 7) is 8.66. The maximum Gasteiger partial charge on any atom is 0.408 e. The Morgan fingerprint density at radius 1 is 1.25 bits per heavy atom. The number of carbonyl (C=O) groups is 2. The highest BCUT2D eigenvalue weighted by Crippen LogP contribution is 2.07. The lowest BCUT2D eigenvalue weighted by Crippen LogP contribution is -2.49. The molecule has 118 valence electrons. The minimum atomic E-state index is -0.567. The van der Waals surface area contributed by atoms with Crippen LogP contribution in [0.1, 0.15) is 40.5 Å². The molecule has 6 heteroatoms. The van der Waals surface area contributed by atoms with Crippen molar-refractivity contribution in [1.82, 2.24) is 15.5 Å². The van der Waals surface area contributed by atoms with Gasteiger partial charge in [0.15, 0.2) is 0 Å². The topological polar surface area (TPSA) is 70.7 Å². The van der Waals surface area contributed by atoms with Crippen molar-refractivity contribution >= 4 is 12.0 Å². The van der Waals surface area contributed by atoms with Crippen molar-refractivity contribution in [2.45, 2.75) is 52.2 Å².